The predicted octanol–water partition coefficient (Wildman–Crippen LogP) is 4.86. The van der Waals surface area contributed by atoms with Crippen LogP contribution in [0, 0.1) is 5.82 Å². The standard InChI is InChI=1S/C19H17ClFNO/c20-16-13-14(8-10-17(16)21)9-11-19(23)22-12-4-7-18(22)15-5-2-1-3-6-15/h1-3,5-6,8-11,13,18H,4,7,12H2. The zero-order valence-electron chi connectivity index (χ0n) is 12.6. The summed E-state index contributed by atoms with van der Waals surface area (Å²) in [5.41, 5.74) is 1.87. The van der Waals surface area contributed by atoms with Crippen molar-refractivity contribution in [2.75, 3.05) is 6.54 Å². The Morgan fingerprint density at radius 1 is 1.22 bits per heavy atom. The van der Waals surface area contributed by atoms with Gasteiger partial charge in [-0.1, -0.05) is 48.0 Å². The van der Waals surface area contributed by atoms with E-state index in [1.165, 1.54) is 18.2 Å². The number of benzene rings is 2. The molecule has 3 rings (SSSR count). The number of hydrogen-bond donors (Lipinski definition) is 0. The maximum atomic E-state index is 13.2. The molecule has 1 aliphatic heterocycles. The Labute approximate surface area is 140 Å². The highest BCUT2D eigenvalue weighted by Crippen LogP contribution is 2.32. The number of hydrogen-bond acceptors (Lipinski definition) is 1. The van der Waals surface area contributed by atoms with Gasteiger partial charge in [-0.05, 0) is 42.2 Å². The molecular formula is C19H17ClFNO. The number of likely N-dealkylation sites (tertiary alicyclic amines) is 1. The highest BCUT2D eigenvalue weighted by atomic mass is 35.5. The second-order valence-electron chi connectivity index (χ2n) is 5.61. The van der Waals surface area contributed by atoms with Crippen LogP contribution < -0.4 is 0 Å². The third-order valence-electron chi connectivity index (χ3n) is 4.08. The lowest BCUT2D eigenvalue weighted by Gasteiger charge is -2.23. The molecule has 23 heavy (non-hydrogen) atoms. The lowest BCUT2D eigenvalue weighted by molar-refractivity contribution is -0.126. The topological polar surface area (TPSA) is 20.3 Å². The van der Waals surface area contributed by atoms with E-state index in [0.29, 0.717) is 5.56 Å². The van der Waals surface area contributed by atoms with Crippen molar-refractivity contribution in [3.8, 4) is 0 Å². The molecule has 1 saturated heterocycles. The molecule has 4 heteroatoms. The SMILES string of the molecule is O=C(C=Cc1ccc(F)c(Cl)c1)N1CCCC1c1ccccc1. The molecule has 1 heterocycles. The fraction of sp³-hybridized carbons (Fsp3) is 0.211. The van der Waals surface area contributed by atoms with Crippen molar-refractivity contribution in [2.24, 2.45) is 0 Å². The molecule has 1 unspecified atom stereocenters. The molecule has 0 bridgehead atoms. The van der Waals surface area contributed by atoms with E-state index in [1.807, 2.05) is 23.1 Å². The summed E-state index contributed by atoms with van der Waals surface area (Å²) in [6, 6.07) is 14.6. The van der Waals surface area contributed by atoms with Crippen molar-refractivity contribution >= 4 is 23.6 Å². The Bertz CT molecular complexity index is 729. The van der Waals surface area contributed by atoms with Crippen LogP contribution in [0.4, 0.5) is 4.39 Å². The number of carbonyl (C=O) groups is 1. The van der Waals surface area contributed by atoms with Gasteiger partial charge < -0.3 is 4.90 Å². The minimum absolute atomic E-state index is 0.0307. The van der Waals surface area contributed by atoms with Gasteiger partial charge in [-0.25, -0.2) is 4.39 Å². The summed E-state index contributed by atoms with van der Waals surface area (Å²) in [4.78, 5) is 14.4. The first kappa shape index (κ1) is 15.8. The zero-order valence-corrected chi connectivity index (χ0v) is 13.3. The van der Waals surface area contributed by atoms with Gasteiger partial charge >= 0.3 is 0 Å². The van der Waals surface area contributed by atoms with Crippen molar-refractivity contribution in [1.29, 1.82) is 0 Å². The smallest absolute Gasteiger partial charge is 0.247 e. The maximum Gasteiger partial charge on any atom is 0.247 e. The van der Waals surface area contributed by atoms with Crippen molar-refractivity contribution in [2.45, 2.75) is 18.9 Å². The molecule has 1 atom stereocenters. The van der Waals surface area contributed by atoms with Crippen LogP contribution in [-0.2, 0) is 4.79 Å². The Hall–Kier alpha value is -2.13. The molecule has 1 amide bonds. The number of nitrogens with zero attached hydrogens (tertiary/aromatic N) is 1. The number of amides is 1. The van der Waals surface area contributed by atoms with E-state index in [0.717, 1.165) is 24.9 Å². The molecule has 0 aromatic heterocycles. The van der Waals surface area contributed by atoms with Crippen LogP contribution >= 0.6 is 11.6 Å². The first-order valence-electron chi connectivity index (χ1n) is 7.64. The van der Waals surface area contributed by atoms with Gasteiger partial charge in [-0.3, -0.25) is 4.79 Å². The molecule has 118 valence electrons. The van der Waals surface area contributed by atoms with E-state index in [1.54, 1.807) is 12.1 Å². The molecule has 0 aliphatic carbocycles. The normalized spacial score (nSPS) is 17.8. The minimum Gasteiger partial charge on any atom is -0.332 e. The fourth-order valence-electron chi connectivity index (χ4n) is 2.93. The number of halogens is 2. The van der Waals surface area contributed by atoms with Gasteiger partial charge in [0.15, 0.2) is 0 Å². The zero-order chi connectivity index (χ0) is 16.2. The Morgan fingerprint density at radius 3 is 2.74 bits per heavy atom. The second-order valence-corrected chi connectivity index (χ2v) is 6.01. The van der Waals surface area contributed by atoms with Crippen molar-refractivity contribution in [3.05, 3.63) is 76.6 Å². The van der Waals surface area contributed by atoms with E-state index >= 15 is 0 Å². The minimum atomic E-state index is -0.459. The van der Waals surface area contributed by atoms with Crippen LogP contribution in [0.1, 0.15) is 30.0 Å². The van der Waals surface area contributed by atoms with Crippen molar-refractivity contribution in [1.82, 2.24) is 4.90 Å². The quantitative estimate of drug-likeness (QED) is 0.737. The van der Waals surface area contributed by atoms with Crippen molar-refractivity contribution < 1.29 is 9.18 Å². The lowest BCUT2D eigenvalue weighted by Crippen LogP contribution is -2.28. The molecule has 0 radical (unpaired) electrons. The Kier molecular flexibility index (Phi) is 4.77. The molecule has 0 spiro atoms. The van der Waals surface area contributed by atoms with Crippen LogP contribution in [0.15, 0.2) is 54.6 Å². The summed E-state index contributed by atoms with van der Waals surface area (Å²) in [5.74, 6) is -0.490. The van der Waals surface area contributed by atoms with E-state index in [4.69, 9.17) is 11.6 Å². The Balaban J connectivity index is 1.74. The largest absolute Gasteiger partial charge is 0.332 e. The summed E-state index contributed by atoms with van der Waals surface area (Å²) in [6.07, 6.45) is 5.19. The first-order chi connectivity index (χ1) is 11.1. The van der Waals surface area contributed by atoms with Gasteiger partial charge in [-0.2, -0.15) is 0 Å². The molecular weight excluding hydrogens is 313 g/mol. The maximum absolute atomic E-state index is 13.2. The molecule has 1 aliphatic rings. The van der Waals surface area contributed by atoms with E-state index in [2.05, 4.69) is 12.1 Å². The molecule has 2 nitrogen and oxygen atoms in total. The monoisotopic (exact) mass is 329 g/mol. The molecule has 1 fully saturated rings. The summed E-state index contributed by atoms with van der Waals surface area (Å²) in [6.45, 7) is 0.757. The average molecular weight is 330 g/mol. The van der Waals surface area contributed by atoms with E-state index in [-0.39, 0.29) is 17.0 Å². The van der Waals surface area contributed by atoms with Crippen LogP contribution in [0.5, 0.6) is 0 Å². The third kappa shape index (κ3) is 3.62. The molecule has 0 N–H and O–H groups in total. The van der Waals surface area contributed by atoms with Crippen LogP contribution in [0.3, 0.4) is 0 Å². The average Bonchev–Trinajstić information content (AvgIpc) is 3.06. The lowest BCUT2D eigenvalue weighted by atomic mass is 10.0. The van der Waals surface area contributed by atoms with Gasteiger partial charge in [0.2, 0.25) is 5.91 Å². The van der Waals surface area contributed by atoms with E-state index < -0.39 is 5.82 Å². The number of rotatable bonds is 3. The third-order valence-corrected chi connectivity index (χ3v) is 4.37. The summed E-state index contributed by atoms with van der Waals surface area (Å²) < 4.78 is 13.2. The van der Waals surface area contributed by atoms with Crippen LogP contribution in [0.25, 0.3) is 6.08 Å². The summed E-state index contributed by atoms with van der Waals surface area (Å²) in [5, 5.41) is 0.0583. The van der Waals surface area contributed by atoms with Gasteiger partial charge in [0.05, 0.1) is 11.1 Å². The van der Waals surface area contributed by atoms with Gasteiger partial charge in [-0.15, -0.1) is 0 Å². The highest BCUT2D eigenvalue weighted by Gasteiger charge is 2.28. The van der Waals surface area contributed by atoms with Crippen LogP contribution in [0.2, 0.25) is 5.02 Å². The van der Waals surface area contributed by atoms with E-state index in [9.17, 15) is 9.18 Å². The van der Waals surface area contributed by atoms with Gasteiger partial charge in [0, 0.05) is 12.6 Å². The predicted molar refractivity (Wildman–Crippen MR) is 90.6 cm³/mol. The molecule has 2 aromatic carbocycles. The van der Waals surface area contributed by atoms with Gasteiger partial charge in [0.25, 0.3) is 0 Å². The first-order valence-corrected chi connectivity index (χ1v) is 8.01. The molecule has 0 saturated carbocycles. The molecule has 2 aromatic rings. The summed E-state index contributed by atoms with van der Waals surface area (Å²) >= 11 is 5.76. The summed E-state index contributed by atoms with van der Waals surface area (Å²) in [7, 11) is 0. The van der Waals surface area contributed by atoms with Crippen LogP contribution in [-0.4, -0.2) is 17.4 Å². The van der Waals surface area contributed by atoms with Crippen molar-refractivity contribution in [3.63, 3.8) is 0 Å². The highest BCUT2D eigenvalue weighted by molar-refractivity contribution is 6.30. The Morgan fingerprint density at radius 2 is 2.00 bits per heavy atom. The fourth-order valence-corrected chi connectivity index (χ4v) is 3.12. The number of carbonyl (C=O) groups excluding carboxylic acids is 1. The van der Waals surface area contributed by atoms with Gasteiger partial charge in [0.1, 0.15) is 5.82 Å². The second kappa shape index (κ2) is 6.97.